The maximum absolute atomic E-state index is 6.05. The molecule has 1 aromatic rings. The summed E-state index contributed by atoms with van der Waals surface area (Å²) >= 11 is 0. The second-order valence-electron chi connectivity index (χ2n) is 6.40. The van der Waals surface area contributed by atoms with Crippen molar-refractivity contribution in [3.63, 3.8) is 0 Å². The van der Waals surface area contributed by atoms with Crippen LogP contribution in [-0.4, -0.2) is 26.9 Å². The number of hydrogen-bond acceptors (Lipinski definition) is 3. The van der Waals surface area contributed by atoms with Crippen LogP contribution in [0.5, 0.6) is 5.75 Å². The van der Waals surface area contributed by atoms with Gasteiger partial charge >= 0.3 is 0 Å². The maximum Gasteiger partial charge on any atom is 0.119 e. The lowest BCUT2D eigenvalue weighted by Crippen LogP contribution is -2.47. The molecule has 1 fully saturated rings. The molecule has 1 saturated carbocycles. The third-order valence-corrected chi connectivity index (χ3v) is 5.13. The summed E-state index contributed by atoms with van der Waals surface area (Å²) < 4.78 is 11.4. The molecule has 1 N–H and O–H groups in total. The first-order chi connectivity index (χ1) is 10.1. The van der Waals surface area contributed by atoms with Crippen molar-refractivity contribution in [2.24, 2.45) is 5.92 Å². The van der Waals surface area contributed by atoms with E-state index in [9.17, 15) is 0 Å². The monoisotopic (exact) mass is 291 g/mol. The van der Waals surface area contributed by atoms with Crippen LogP contribution in [0.4, 0.5) is 0 Å². The molecule has 118 valence electrons. The average Bonchev–Trinajstić information content (AvgIpc) is 2.51. The Morgan fingerprint density at radius 1 is 1.24 bits per heavy atom. The first-order valence-corrected chi connectivity index (χ1v) is 7.93. The Hall–Kier alpha value is -1.06. The Kier molecular flexibility index (Phi) is 5.28. The minimum Gasteiger partial charge on any atom is -0.497 e. The lowest BCUT2D eigenvalue weighted by atomic mass is 9.73. The number of aryl methyl sites for hydroxylation is 1. The van der Waals surface area contributed by atoms with Crippen LogP contribution in [0.2, 0.25) is 0 Å². The van der Waals surface area contributed by atoms with Crippen LogP contribution in [0.1, 0.15) is 49.8 Å². The van der Waals surface area contributed by atoms with E-state index in [4.69, 9.17) is 9.47 Å². The number of rotatable bonds is 5. The van der Waals surface area contributed by atoms with Crippen LogP contribution in [-0.2, 0) is 4.74 Å². The molecule has 0 bridgehead atoms. The summed E-state index contributed by atoms with van der Waals surface area (Å²) in [6.07, 6.45) is 4.70. The summed E-state index contributed by atoms with van der Waals surface area (Å²) in [5.74, 6) is 1.72. The van der Waals surface area contributed by atoms with Gasteiger partial charge in [0.15, 0.2) is 0 Å². The Balaban J connectivity index is 2.33. The number of benzene rings is 1. The SMILES string of the molecule is CNC(c1ccc(OC)cc1C)C1(OC)CCC(C)CC1. The molecule has 1 aliphatic rings. The molecule has 21 heavy (non-hydrogen) atoms. The normalized spacial score (nSPS) is 27.4. The zero-order chi connectivity index (χ0) is 15.5. The van der Waals surface area contributed by atoms with Gasteiger partial charge in [0.1, 0.15) is 5.75 Å². The van der Waals surface area contributed by atoms with Crippen LogP contribution in [0, 0.1) is 12.8 Å². The molecule has 0 aromatic heterocycles. The van der Waals surface area contributed by atoms with Gasteiger partial charge in [-0.3, -0.25) is 0 Å². The summed E-state index contributed by atoms with van der Waals surface area (Å²) in [7, 11) is 5.61. The van der Waals surface area contributed by atoms with Crippen molar-refractivity contribution in [1.29, 1.82) is 0 Å². The lowest BCUT2D eigenvalue weighted by Gasteiger charge is -2.44. The highest BCUT2D eigenvalue weighted by molar-refractivity contribution is 5.38. The summed E-state index contributed by atoms with van der Waals surface area (Å²) in [4.78, 5) is 0. The molecule has 0 amide bonds. The van der Waals surface area contributed by atoms with E-state index in [1.54, 1.807) is 7.11 Å². The van der Waals surface area contributed by atoms with Crippen molar-refractivity contribution >= 4 is 0 Å². The number of nitrogens with one attached hydrogen (secondary N) is 1. The van der Waals surface area contributed by atoms with Gasteiger partial charge in [-0.25, -0.2) is 0 Å². The molecule has 1 aliphatic carbocycles. The number of methoxy groups -OCH3 is 2. The second kappa shape index (κ2) is 6.80. The summed E-state index contributed by atoms with van der Waals surface area (Å²) in [5, 5.41) is 3.51. The highest BCUT2D eigenvalue weighted by atomic mass is 16.5. The van der Waals surface area contributed by atoms with Crippen LogP contribution in [0.3, 0.4) is 0 Å². The predicted molar refractivity (Wildman–Crippen MR) is 86.9 cm³/mol. The molecular formula is C18H29NO2. The fraction of sp³-hybridized carbons (Fsp3) is 0.667. The molecule has 1 atom stereocenters. The third kappa shape index (κ3) is 3.24. The van der Waals surface area contributed by atoms with E-state index in [2.05, 4.69) is 31.3 Å². The average molecular weight is 291 g/mol. The maximum atomic E-state index is 6.05. The van der Waals surface area contributed by atoms with Crippen molar-refractivity contribution in [1.82, 2.24) is 5.32 Å². The topological polar surface area (TPSA) is 30.5 Å². The standard InChI is InChI=1S/C18H29NO2/c1-13-8-10-18(21-5,11-9-13)17(19-3)16-7-6-15(20-4)12-14(16)2/h6-7,12-13,17,19H,8-11H2,1-5H3. The molecule has 2 rings (SSSR count). The molecule has 0 saturated heterocycles. The molecule has 3 heteroatoms. The van der Waals surface area contributed by atoms with Gasteiger partial charge in [-0.15, -0.1) is 0 Å². The molecule has 1 unspecified atom stereocenters. The van der Waals surface area contributed by atoms with Gasteiger partial charge in [-0.05, 0) is 68.8 Å². The van der Waals surface area contributed by atoms with E-state index in [0.29, 0.717) is 0 Å². The fourth-order valence-corrected chi connectivity index (χ4v) is 3.66. The molecule has 0 radical (unpaired) electrons. The number of hydrogen-bond donors (Lipinski definition) is 1. The van der Waals surface area contributed by atoms with Gasteiger partial charge in [-0.2, -0.15) is 0 Å². The van der Waals surface area contributed by atoms with E-state index in [-0.39, 0.29) is 11.6 Å². The van der Waals surface area contributed by atoms with Gasteiger partial charge in [0.05, 0.1) is 18.8 Å². The van der Waals surface area contributed by atoms with Crippen LogP contribution in [0.25, 0.3) is 0 Å². The van der Waals surface area contributed by atoms with Crippen molar-refractivity contribution in [2.45, 2.75) is 51.2 Å². The number of ether oxygens (including phenoxy) is 2. The van der Waals surface area contributed by atoms with E-state index in [1.807, 2.05) is 20.2 Å². The number of likely N-dealkylation sites (N-methyl/N-ethyl adjacent to an activating group) is 1. The van der Waals surface area contributed by atoms with E-state index >= 15 is 0 Å². The van der Waals surface area contributed by atoms with Crippen molar-refractivity contribution in [3.05, 3.63) is 29.3 Å². The highest BCUT2D eigenvalue weighted by Crippen LogP contribution is 2.43. The Bertz CT molecular complexity index is 464. The second-order valence-corrected chi connectivity index (χ2v) is 6.40. The Morgan fingerprint density at radius 3 is 2.38 bits per heavy atom. The van der Waals surface area contributed by atoms with Gasteiger partial charge in [0, 0.05) is 7.11 Å². The Labute approximate surface area is 129 Å². The van der Waals surface area contributed by atoms with Gasteiger partial charge in [0.2, 0.25) is 0 Å². The Morgan fingerprint density at radius 2 is 1.90 bits per heavy atom. The molecule has 3 nitrogen and oxygen atoms in total. The van der Waals surface area contributed by atoms with E-state index in [0.717, 1.165) is 24.5 Å². The van der Waals surface area contributed by atoms with Gasteiger partial charge < -0.3 is 14.8 Å². The van der Waals surface area contributed by atoms with Crippen LogP contribution >= 0.6 is 0 Å². The zero-order valence-corrected chi connectivity index (χ0v) is 14.0. The first-order valence-electron chi connectivity index (χ1n) is 7.93. The highest BCUT2D eigenvalue weighted by Gasteiger charge is 2.42. The molecule has 1 aromatic carbocycles. The predicted octanol–water partition coefficient (Wildman–Crippen LogP) is 3.86. The van der Waals surface area contributed by atoms with Crippen LogP contribution in [0.15, 0.2) is 18.2 Å². The van der Waals surface area contributed by atoms with Gasteiger partial charge in [0.25, 0.3) is 0 Å². The summed E-state index contributed by atoms with van der Waals surface area (Å²) in [6, 6.07) is 6.55. The minimum absolute atomic E-state index is 0.0966. The van der Waals surface area contributed by atoms with E-state index in [1.165, 1.54) is 24.0 Å². The molecular weight excluding hydrogens is 262 g/mol. The zero-order valence-electron chi connectivity index (χ0n) is 14.0. The molecule has 0 spiro atoms. The van der Waals surface area contributed by atoms with Crippen molar-refractivity contribution in [3.8, 4) is 5.75 Å². The quantitative estimate of drug-likeness (QED) is 0.893. The first kappa shape index (κ1) is 16.3. The largest absolute Gasteiger partial charge is 0.497 e. The molecule has 0 aliphatic heterocycles. The minimum atomic E-state index is -0.0966. The smallest absolute Gasteiger partial charge is 0.119 e. The summed E-state index contributed by atoms with van der Waals surface area (Å²) in [5.41, 5.74) is 2.47. The summed E-state index contributed by atoms with van der Waals surface area (Å²) in [6.45, 7) is 4.49. The lowest BCUT2D eigenvalue weighted by molar-refractivity contribution is -0.0746. The van der Waals surface area contributed by atoms with E-state index < -0.39 is 0 Å². The fourth-order valence-electron chi connectivity index (χ4n) is 3.66. The molecule has 0 heterocycles. The van der Waals surface area contributed by atoms with Crippen molar-refractivity contribution < 1.29 is 9.47 Å². The third-order valence-electron chi connectivity index (χ3n) is 5.13. The van der Waals surface area contributed by atoms with Gasteiger partial charge in [-0.1, -0.05) is 13.0 Å². The van der Waals surface area contributed by atoms with Crippen molar-refractivity contribution in [2.75, 3.05) is 21.3 Å². The van der Waals surface area contributed by atoms with Crippen LogP contribution < -0.4 is 10.1 Å².